The van der Waals surface area contributed by atoms with Gasteiger partial charge < -0.3 is 4.90 Å². The van der Waals surface area contributed by atoms with Crippen LogP contribution in [0.2, 0.25) is 0 Å². The SMILES string of the molecule is O=C(CC1CCN(CC(F)F)CC1)N1CCc2ccccc2C1. The summed E-state index contributed by atoms with van der Waals surface area (Å²) in [5.74, 6) is 0.556. The Morgan fingerprint density at radius 2 is 1.83 bits per heavy atom. The molecule has 1 saturated heterocycles. The van der Waals surface area contributed by atoms with Crippen LogP contribution in [0.25, 0.3) is 0 Å². The minimum atomic E-state index is -2.26. The van der Waals surface area contributed by atoms with Gasteiger partial charge in [-0.05, 0) is 49.4 Å². The average molecular weight is 322 g/mol. The summed E-state index contributed by atoms with van der Waals surface area (Å²) in [6.45, 7) is 2.74. The topological polar surface area (TPSA) is 23.6 Å². The van der Waals surface area contributed by atoms with Crippen LogP contribution in [0.15, 0.2) is 24.3 Å². The Kier molecular flexibility index (Phi) is 5.26. The van der Waals surface area contributed by atoms with E-state index in [1.807, 2.05) is 21.9 Å². The van der Waals surface area contributed by atoms with E-state index in [2.05, 4.69) is 12.1 Å². The number of amides is 1. The molecular formula is C18H24F2N2O. The molecule has 0 bridgehead atoms. The van der Waals surface area contributed by atoms with Crippen LogP contribution in [0.3, 0.4) is 0 Å². The van der Waals surface area contributed by atoms with Gasteiger partial charge in [0.2, 0.25) is 5.91 Å². The third kappa shape index (κ3) is 4.28. The van der Waals surface area contributed by atoms with Gasteiger partial charge in [0.25, 0.3) is 6.43 Å². The lowest BCUT2D eigenvalue weighted by Gasteiger charge is -2.34. The fourth-order valence-corrected chi connectivity index (χ4v) is 3.65. The second-order valence-electron chi connectivity index (χ2n) is 6.67. The number of benzene rings is 1. The van der Waals surface area contributed by atoms with E-state index in [9.17, 15) is 13.6 Å². The molecule has 126 valence electrons. The van der Waals surface area contributed by atoms with E-state index < -0.39 is 6.43 Å². The zero-order valence-corrected chi connectivity index (χ0v) is 13.4. The van der Waals surface area contributed by atoms with Crippen molar-refractivity contribution in [1.82, 2.24) is 9.80 Å². The maximum atomic E-state index is 12.5. The Labute approximate surface area is 136 Å². The zero-order chi connectivity index (χ0) is 16.2. The van der Waals surface area contributed by atoms with Crippen molar-refractivity contribution in [3.63, 3.8) is 0 Å². The van der Waals surface area contributed by atoms with Crippen LogP contribution < -0.4 is 0 Å². The summed E-state index contributed by atoms with van der Waals surface area (Å²) in [5, 5.41) is 0. The van der Waals surface area contributed by atoms with Gasteiger partial charge in [-0.1, -0.05) is 24.3 Å². The summed E-state index contributed by atoms with van der Waals surface area (Å²) in [4.78, 5) is 16.3. The summed E-state index contributed by atoms with van der Waals surface area (Å²) in [6.07, 6.45) is 0.923. The van der Waals surface area contributed by atoms with Crippen molar-refractivity contribution >= 4 is 5.91 Å². The number of likely N-dealkylation sites (tertiary alicyclic amines) is 1. The summed E-state index contributed by atoms with van der Waals surface area (Å²) in [7, 11) is 0. The first-order valence-corrected chi connectivity index (χ1v) is 8.47. The molecule has 0 atom stereocenters. The van der Waals surface area contributed by atoms with E-state index in [4.69, 9.17) is 0 Å². The number of rotatable bonds is 4. The summed E-state index contributed by atoms with van der Waals surface area (Å²) in [5.41, 5.74) is 2.59. The van der Waals surface area contributed by atoms with Gasteiger partial charge in [0.05, 0.1) is 6.54 Å². The lowest BCUT2D eigenvalue weighted by molar-refractivity contribution is -0.133. The average Bonchev–Trinajstić information content (AvgIpc) is 2.55. The first-order valence-electron chi connectivity index (χ1n) is 8.47. The Balaban J connectivity index is 1.47. The molecule has 0 N–H and O–H groups in total. The number of hydrogen-bond acceptors (Lipinski definition) is 2. The number of hydrogen-bond donors (Lipinski definition) is 0. The van der Waals surface area contributed by atoms with Gasteiger partial charge in [-0.25, -0.2) is 8.78 Å². The summed E-state index contributed by atoms with van der Waals surface area (Å²) >= 11 is 0. The smallest absolute Gasteiger partial charge is 0.251 e. The summed E-state index contributed by atoms with van der Waals surface area (Å²) in [6, 6.07) is 8.29. The highest BCUT2D eigenvalue weighted by Crippen LogP contribution is 2.24. The van der Waals surface area contributed by atoms with E-state index in [-0.39, 0.29) is 12.5 Å². The molecule has 1 aromatic carbocycles. The molecule has 0 spiro atoms. The second kappa shape index (κ2) is 7.39. The molecule has 0 unspecified atom stereocenters. The van der Waals surface area contributed by atoms with E-state index >= 15 is 0 Å². The van der Waals surface area contributed by atoms with Crippen LogP contribution in [0.1, 0.15) is 30.4 Å². The second-order valence-corrected chi connectivity index (χ2v) is 6.67. The van der Waals surface area contributed by atoms with Gasteiger partial charge in [0.15, 0.2) is 0 Å². The molecule has 1 fully saturated rings. The molecule has 23 heavy (non-hydrogen) atoms. The molecule has 1 amide bonds. The van der Waals surface area contributed by atoms with Gasteiger partial charge in [0, 0.05) is 19.5 Å². The number of alkyl halides is 2. The number of nitrogens with zero attached hydrogens (tertiary/aromatic N) is 2. The lowest BCUT2D eigenvalue weighted by Crippen LogP contribution is -2.40. The highest BCUT2D eigenvalue weighted by molar-refractivity contribution is 5.76. The number of carbonyl (C=O) groups excluding carboxylic acids is 1. The van der Waals surface area contributed by atoms with Gasteiger partial charge in [-0.2, -0.15) is 0 Å². The van der Waals surface area contributed by atoms with Crippen LogP contribution in [0.4, 0.5) is 8.78 Å². The molecule has 3 nitrogen and oxygen atoms in total. The van der Waals surface area contributed by atoms with Crippen LogP contribution in [-0.2, 0) is 17.8 Å². The van der Waals surface area contributed by atoms with E-state index in [1.54, 1.807) is 0 Å². The quantitative estimate of drug-likeness (QED) is 0.851. The third-order valence-electron chi connectivity index (χ3n) is 5.05. The molecule has 0 aromatic heterocycles. The minimum absolute atomic E-state index is 0.135. The van der Waals surface area contributed by atoms with Crippen molar-refractivity contribution in [1.29, 1.82) is 0 Å². The van der Waals surface area contributed by atoms with Gasteiger partial charge in [0.1, 0.15) is 0 Å². The first kappa shape index (κ1) is 16.4. The van der Waals surface area contributed by atoms with Gasteiger partial charge in [-0.15, -0.1) is 0 Å². The molecule has 0 radical (unpaired) electrons. The Bertz CT molecular complexity index is 542. The fourth-order valence-electron chi connectivity index (χ4n) is 3.65. The molecule has 2 aliphatic heterocycles. The van der Waals surface area contributed by atoms with E-state index in [0.717, 1.165) is 25.8 Å². The number of carbonyl (C=O) groups is 1. The molecule has 0 saturated carbocycles. The van der Waals surface area contributed by atoms with Crippen molar-refractivity contribution in [3.05, 3.63) is 35.4 Å². The van der Waals surface area contributed by atoms with E-state index in [1.165, 1.54) is 11.1 Å². The number of halogens is 2. The number of fused-ring (bicyclic) bond motifs is 1. The maximum Gasteiger partial charge on any atom is 0.251 e. The molecule has 5 heteroatoms. The molecule has 3 rings (SSSR count). The monoisotopic (exact) mass is 322 g/mol. The first-order chi connectivity index (χ1) is 11.1. The Hall–Kier alpha value is -1.49. The highest BCUT2D eigenvalue weighted by Gasteiger charge is 2.26. The Morgan fingerprint density at radius 3 is 2.52 bits per heavy atom. The molecule has 1 aromatic rings. The van der Waals surface area contributed by atoms with Crippen LogP contribution in [0, 0.1) is 5.92 Å². The third-order valence-corrected chi connectivity index (χ3v) is 5.05. The molecular weight excluding hydrogens is 298 g/mol. The highest BCUT2D eigenvalue weighted by atomic mass is 19.3. The molecule has 2 heterocycles. The minimum Gasteiger partial charge on any atom is -0.338 e. The predicted octanol–water partition coefficient (Wildman–Crippen LogP) is 2.94. The van der Waals surface area contributed by atoms with Gasteiger partial charge in [-0.3, -0.25) is 9.69 Å². The van der Waals surface area contributed by atoms with Crippen LogP contribution in [0.5, 0.6) is 0 Å². The van der Waals surface area contributed by atoms with Crippen molar-refractivity contribution in [3.8, 4) is 0 Å². The number of piperidine rings is 1. The largest absolute Gasteiger partial charge is 0.338 e. The van der Waals surface area contributed by atoms with E-state index in [0.29, 0.717) is 32.0 Å². The predicted molar refractivity (Wildman–Crippen MR) is 85.3 cm³/mol. The molecule has 0 aliphatic carbocycles. The maximum absolute atomic E-state index is 12.5. The Morgan fingerprint density at radius 1 is 1.13 bits per heavy atom. The zero-order valence-electron chi connectivity index (χ0n) is 13.4. The van der Waals surface area contributed by atoms with Crippen molar-refractivity contribution in [2.75, 3.05) is 26.2 Å². The van der Waals surface area contributed by atoms with Crippen molar-refractivity contribution in [2.45, 2.75) is 38.7 Å². The van der Waals surface area contributed by atoms with Crippen LogP contribution in [-0.4, -0.2) is 48.3 Å². The van der Waals surface area contributed by atoms with Crippen molar-refractivity contribution < 1.29 is 13.6 Å². The fraction of sp³-hybridized carbons (Fsp3) is 0.611. The molecule has 2 aliphatic rings. The van der Waals surface area contributed by atoms with Crippen LogP contribution >= 0.6 is 0 Å². The standard InChI is InChI=1S/C18H24F2N2O/c19-17(20)13-21-8-5-14(6-9-21)11-18(23)22-10-7-15-3-1-2-4-16(15)12-22/h1-4,14,17H,5-13H2. The lowest BCUT2D eigenvalue weighted by atomic mass is 9.92. The van der Waals surface area contributed by atoms with Gasteiger partial charge >= 0.3 is 0 Å². The summed E-state index contributed by atoms with van der Waals surface area (Å²) < 4.78 is 24.8. The normalized spacial score (nSPS) is 19.9. The van der Waals surface area contributed by atoms with Crippen molar-refractivity contribution in [2.24, 2.45) is 5.92 Å².